The Hall–Kier alpha value is -1.44. The zero-order chi connectivity index (χ0) is 17.4. The van der Waals surface area contributed by atoms with Crippen LogP contribution in [0, 0.1) is 5.92 Å². The van der Waals surface area contributed by atoms with Crippen LogP contribution in [0.3, 0.4) is 0 Å². The molecule has 1 amide bonds. The minimum absolute atomic E-state index is 0.0699. The van der Waals surface area contributed by atoms with Crippen molar-refractivity contribution in [3.05, 3.63) is 30.3 Å². The Morgan fingerprint density at radius 3 is 2.79 bits per heavy atom. The summed E-state index contributed by atoms with van der Waals surface area (Å²) in [4.78, 5) is 12.5. The summed E-state index contributed by atoms with van der Waals surface area (Å²) in [7, 11) is -3.53. The maximum absolute atomic E-state index is 12.7. The van der Waals surface area contributed by atoms with Crippen LogP contribution in [-0.2, 0) is 19.6 Å². The zero-order valence-electron chi connectivity index (χ0n) is 14.1. The molecule has 0 saturated carbocycles. The van der Waals surface area contributed by atoms with Gasteiger partial charge in [0.25, 0.3) is 0 Å². The SMILES string of the molecule is CCOCCCNC(=O)[C@@H]1CCCN(S(=O)(=O)c2ccccc2)C1. The van der Waals surface area contributed by atoms with E-state index in [1.165, 1.54) is 4.31 Å². The summed E-state index contributed by atoms with van der Waals surface area (Å²) in [6, 6.07) is 8.38. The number of hydrogen-bond acceptors (Lipinski definition) is 4. The van der Waals surface area contributed by atoms with Gasteiger partial charge < -0.3 is 10.1 Å². The molecule has 134 valence electrons. The highest BCUT2D eigenvalue weighted by Crippen LogP contribution is 2.23. The highest BCUT2D eigenvalue weighted by Gasteiger charge is 2.32. The van der Waals surface area contributed by atoms with E-state index in [1.807, 2.05) is 6.92 Å². The first-order chi connectivity index (χ1) is 11.6. The van der Waals surface area contributed by atoms with E-state index in [2.05, 4.69) is 5.32 Å². The summed E-state index contributed by atoms with van der Waals surface area (Å²) < 4.78 is 32.0. The van der Waals surface area contributed by atoms with Crippen molar-refractivity contribution in [2.24, 2.45) is 5.92 Å². The summed E-state index contributed by atoms with van der Waals surface area (Å²) in [5.41, 5.74) is 0. The standard InChI is InChI=1S/C17H26N2O4S/c1-2-23-13-7-11-18-17(20)15-8-6-12-19(14-15)24(21,22)16-9-4-3-5-10-16/h3-5,9-10,15H,2,6-8,11-14H2,1H3,(H,18,20)/t15-/m1/s1. The molecule has 2 rings (SSSR count). The van der Waals surface area contributed by atoms with Gasteiger partial charge in [0.15, 0.2) is 0 Å². The number of carbonyl (C=O) groups is 1. The van der Waals surface area contributed by atoms with E-state index >= 15 is 0 Å². The smallest absolute Gasteiger partial charge is 0.243 e. The number of rotatable bonds is 8. The second-order valence-electron chi connectivity index (χ2n) is 5.86. The third-order valence-corrected chi connectivity index (χ3v) is 5.98. The van der Waals surface area contributed by atoms with E-state index in [-0.39, 0.29) is 23.3 Å². The second-order valence-corrected chi connectivity index (χ2v) is 7.79. The van der Waals surface area contributed by atoms with Crippen LogP contribution in [0.1, 0.15) is 26.2 Å². The lowest BCUT2D eigenvalue weighted by Gasteiger charge is -2.31. The van der Waals surface area contributed by atoms with E-state index in [0.29, 0.717) is 32.7 Å². The molecule has 1 heterocycles. The van der Waals surface area contributed by atoms with Crippen molar-refractivity contribution < 1.29 is 17.9 Å². The molecular weight excluding hydrogens is 328 g/mol. The minimum atomic E-state index is -3.53. The molecular formula is C17H26N2O4S. The van der Waals surface area contributed by atoms with Gasteiger partial charge in [0.05, 0.1) is 10.8 Å². The van der Waals surface area contributed by atoms with Gasteiger partial charge in [-0.15, -0.1) is 0 Å². The van der Waals surface area contributed by atoms with Gasteiger partial charge in [0.1, 0.15) is 0 Å². The molecule has 0 aliphatic carbocycles. The van der Waals surface area contributed by atoms with Gasteiger partial charge in [-0.1, -0.05) is 18.2 Å². The monoisotopic (exact) mass is 354 g/mol. The normalized spacial score (nSPS) is 19.1. The van der Waals surface area contributed by atoms with Crippen LogP contribution >= 0.6 is 0 Å². The second kappa shape index (κ2) is 9.15. The highest BCUT2D eigenvalue weighted by atomic mass is 32.2. The van der Waals surface area contributed by atoms with Crippen LogP contribution in [0.4, 0.5) is 0 Å². The van der Waals surface area contributed by atoms with Crippen molar-refractivity contribution >= 4 is 15.9 Å². The molecule has 24 heavy (non-hydrogen) atoms. The number of nitrogens with one attached hydrogen (secondary N) is 1. The minimum Gasteiger partial charge on any atom is -0.382 e. The molecule has 0 spiro atoms. The fourth-order valence-electron chi connectivity index (χ4n) is 2.79. The fourth-order valence-corrected chi connectivity index (χ4v) is 4.34. The predicted molar refractivity (Wildman–Crippen MR) is 92.0 cm³/mol. The first-order valence-electron chi connectivity index (χ1n) is 8.46. The molecule has 0 radical (unpaired) electrons. The average Bonchev–Trinajstić information content (AvgIpc) is 2.62. The van der Waals surface area contributed by atoms with E-state index in [4.69, 9.17) is 4.74 Å². The number of nitrogens with zero attached hydrogens (tertiary/aromatic N) is 1. The first kappa shape index (κ1) is 18.9. The lowest BCUT2D eigenvalue weighted by atomic mass is 9.99. The Balaban J connectivity index is 1.90. The quantitative estimate of drug-likeness (QED) is 0.720. The van der Waals surface area contributed by atoms with Crippen LogP contribution in [0.2, 0.25) is 0 Å². The first-order valence-corrected chi connectivity index (χ1v) is 9.90. The zero-order valence-corrected chi connectivity index (χ0v) is 14.9. The fraction of sp³-hybridized carbons (Fsp3) is 0.588. The molecule has 6 nitrogen and oxygen atoms in total. The molecule has 1 atom stereocenters. The Bertz CT molecular complexity index is 619. The van der Waals surface area contributed by atoms with Crippen molar-refractivity contribution in [3.8, 4) is 0 Å². The third-order valence-electron chi connectivity index (χ3n) is 4.10. The van der Waals surface area contributed by atoms with Gasteiger partial charge in [-0.3, -0.25) is 4.79 Å². The summed E-state index contributed by atoms with van der Waals surface area (Å²) in [5, 5.41) is 2.88. The van der Waals surface area contributed by atoms with Gasteiger partial charge in [-0.05, 0) is 38.3 Å². The molecule has 1 aromatic carbocycles. The molecule has 1 saturated heterocycles. The van der Waals surface area contributed by atoms with Crippen molar-refractivity contribution in [3.63, 3.8) is 0 Å². The lowest BCUT2D eigenvalue weighted by molar-refractivity contribution is -0.126. The number of ether oxygens (including phenoxy) is 1. The summed E-state index contributed by atoms with van der Waals surface area (Å²) in [6.07, 6.45) is 2.18. The van der Waals surface area contributed by atoms with Crippen LogP contribution in [0.25, 0.3) is 0 Å². The maximum atomic E-state index is 12.7. The maximum Gasteiger partial charge on any atom is 0.243 e. The molecule has 0 aromatic heterocycles. The number of piperidine rings is 1. The lowest BCUT2D eigenvalue weighted by Crippen LogP contribution is -2.45. The van der Waals surface area contributed by atoms with Gasteiger partial charge >= 0.3 is 0 Å². The molecule has 0 unspecified atom stereocenters. The van der Waals surface area contributed by atoms with Crippen molar-refractivity contribution in [2.45, 2.75) is 31.1 Å². The molecule has 1 N–H and O–H groups in total. The molecule has 0 bridgehead atoms. The topological polar surface area (TPSA) is 75.7 Å². The van der Waals surface area contributed by atoms with Crippen LogP contribution in [0.5, 0.6) is 0 Å². The van der Waals surface area contributed by atoms with Crippen molar-refractivity contribution in [1.29, 1.82) is 0 Å². The summed E-state index contributed by atoms with van der Waals surface area (Å²) >= 11 is 0. The number of carbonyl (C=O) groups excluding carboxylic acids is 1. The van der Waals surface area contributed by atoms with Crippen LogP contribution < -0.4 is 5.32 Å². The molecule has 1 aliphatic heterocycles. The van der Waals surface area contributed by atoms with Crippen LogP contribution in [-0.4, -0.2) is 51.5 Å². The Labute approximate surface area is 144 Å². The van der Waals surface area contributed by atoms with E-state index < -0.39 is 10.0 Å². The largest absolute Gasteiger partial charge is 0.382 e. The number of sulfonamides is 1. The summed E-state index contributed by atoms with van der Waals surface area (Å²) in [5.74, 6) is -0.358. The predicted octanol–water partition coefficient (Wildman–Crippen LogP) is 1.63. The van der Waals surface area contributed by atoms with E-state index in [1.54, 1.807) is 30.3 Å². The van der Waals surface area contributed by atoms with Gasteiger partial charge in [-0.2, -0.15) is 4.31 Å². The molecule has 1 aromatic rings. The third kappa shape index (κ3) is 5.03. The highest BCUT2D eigenvalue weighted by molar-refractivity contribution is 7.89. The molecule has 7 heteroatoms. The van der Waals surface area contributed by atoms with Gasteiger partial charge in [0, 0.05) is 32.8 Å². The Kier molecular flexibility index (Phi) is 7.20. The van der Waals surface area contributed by atoms with Gasteiger partial charge in [-0.25, -0.2) is 8.42 Å². The Morgan fingerprint density at radius 1 is 1.33 bits per heavy atom. The Morgan fingerprint density at radius 2 is 2.08 bits per heavy atom. The summed E-state index contributed by atoms with van der Waals surface area (Å²) in [6.45, 7) is 4.49. The van der Waals surface area contributed by atoms with Crippen LogP contribution in [0.15, 0.2) is 35.2 Å². The molecule has 1 aliphatic rings. The van der Waals surface area contributed by atoms with Gasteiger partial charge in [0.2, 0.25) is 15.9 Å². The number of amides is 1. The van der Waals surface area contributed by atoms with E-state index in [0.717, 1.165) is 12.8 Å². The molecule has 1 fully saturated rings. The number of hydrogen-bond donors (Lipinski definition) is 1. The number of benzene rings is 1. The van der Waals surface area contributed by atoms with Crippen molar-refractivity contribution in [2.75, 3.05) is 32.8 Å². The van der Waals surface area contributed by atoms with Crippen molar-refractivity contribution in [1.82, 2.24) is 9.62 Å². The average molecular weight is 354 g/mol. The van der Waals surface area contributed by atoms with E-state index in [9.17, 15) is 13.2 Å².